The summed E-state index contributed by atoms with van der Waals surface area (Å²) in [5.74, 6) is -69.9. The highest BCUT2D eigenvalue weighted by atomic mass is 127. The van der Waals surface area contributed by atoms with Crippen LogP contribution in [0.1, 0.15) is 22.3 Å². The summed E-state index contributed by atoms with van der Waals surface area (Å²) in [7, 11) is 0. The normalized spacial score (nSPS) is 13.0. The van der Waals surface area contributed by atoms with E-state index >= 15 is 70.2 Å². The van der Waals surface area contributed by atoms with Crippen LogP contribution in [0.5, 0.6) is 0 Å². The smallest absolute Gasteiger partial charge is 0.207 e. The van der Waals surface area contributed by atoms with E-state index < -0.39 is 168 Å². The Kier molecular flexibility index (Phi) is 12.2. The molecule has 0 nitrogen and oxygen atoms in total. The van der Waals surface area contributed by atoms with Crippen LogP contribution < -0.4 is 45.8 Å². The number of halogens is 29. The lowest BCUT2D eigenvalue weighted by Gasteiger charge is -2.45. The maximum Gasteiger partial charge on any atom is 0.422 e. The van der Waals surface area contributed by atoms with E-state index in [0.717, 1.165) is 0 Å². The Balaban J connectivity index is 0.00000900. The maximum atomic E-state index is 15.9. The van der Waals surface area contributed by atoms with Crippen LogP contribution in [-0.4, -0.2) is 6.15 Å². The van der Waals surface area contributed by atoms with Crippen molar-refractivity contribution in [1.29, 1.82) is 0 Å². The number of hydrogen-bond donors (Lipinski definition) is 0. The molecule has 4 rings (SSSR count). The van der Waals surface area contributed by atoms with Gasteiger partial charge in [-0.2, -0.15) is 52.7 Å². The van der Waals surface area contributed by atoms with Crippen LogP contribution in [0.3, 0.4) is 0 Å². The van der Waals surface area contributed by atoms with Gasteiger partial charge < -0.3 is 0 Å². The second-order valence-corrected chi connectivity index (χ2v) is 11.0. The third-order valence-corrected chi connectivity index (χ3v) is 8.06. The van der Waals surface area contributed by atoms with Crippen molar-refractivity contribution in [3.05, 3.63) is 115 Å². The van der Waals surface area contributed by atoms with E-state index in [9.17, 15) is 52.7 Å². The lowest BCUT2D eigenvalue weighted by molar-refractivity contribution is -0.144. The lowest BCUT2D eigenvalue weighted by atomic mass is 9.12. The van der Waals surface area contributed by atoms with Crippen LogP contribution in [0.2, 0.25) is 0 Å². The molecule has 0 saturated carbocycles. The average molecular weight is 1010 g/mol. The van der Waals surface area contributed by atoms with Crippen molar-refractivity contribution < 1.29 is 147 Å². The third kappa shape index (κ3) is 6.81. The molecule has 0 spiro atoms. The molecule has 320 valence electrons. The van der Waals surface area contributed by atoms with E-state index in [-0.39, 0.29) is 24.0 Å². The highest BCUT2D eigenvalue weighted by Gasteiger charge is 2.56. The lowest BCUT2D eigenvalue weighted by Crippen LogP contribution is -3.00. The molecule has 0 N–H and O–H groups in total. The van der Waals surface area contributed by atoms with Gasteiger partial charge in [0.1, 0.15) is 74.9 Å². The molecule has 0 bridgehead atoms. The van der Waals surface area contributed by atoms with Crippen LogP contribution >= 0.6 is 0 Å². The molecule has 0 saturated heterocycles. The minimum Gasteiger partial charge on any atom is -0.207 e. The van der Waals surface area contributed by atoms with Gasteiger partial charge in [-0.1, -0.05) is 0 Å². The van der Waals surface area contributed by atoms with Gasteiger partial charge in [0.15, 0.2) is 46.5 Å². The van der Waals surface area contributed by atoms with E-state index in [0.29, 0.717) is 0 Å². The van der Waals surface area contributed by atoms with Crippen molar-refractivity contribution in [2.24, 2.45) is 0 Å². The number of benzene rings is 4. The quantitative estimate of drug-likeness (QED) is 0.105. The summed E-state index contributed by atoms with van der Waals surface area (Å²) in [6, 6.07) is 0. The van der Waals surface area contributed by atoms with Gasteiger partial charge in [-0.3, -0.25) is 0 Å². The largest absolute Gasteiger partial charge is 0.422 e. The Morgan fingerprint density at radius 3 is 0.397 bits per heavy atom. The second-order valence-electron chi connectivity index (χ2n) is 11.0. The molecule has 0 aliphatic heterocycles. The zero-order valence-electron chi connectivity index (χ0n) is 25.6. The molecule has 0 unspecified atom stereocenters. The first kappa shape index (κ1) is 48.1. The number of hydrogen-bond acceptors (Lipinski definition) is 0. The van der Waals surface area contributed by atoms with Crippen LogP contribution in [0.4, 0.5) is 123 Å². The Hall–Kier alpha value is -4.29. The fourth-order valence-corrected chi connectivity index (χ4v) is 5.98. The van der Waals surface area contributed by atoms with Crippen LogP contribution in [0, 0.1) is 93.1 Å². The van der Waals surface area contributed by atoms with Crippen LogP contribution in [0.15, 0.2) is 0 Å². The van der Waals surface area contributed by atoms with Gasteiger partial charge in [-0.15, -0.1) is 21.9 Å². The van der Waals surface area contributed by atoms with Gasteiger partial charge in [0.2, 0.25) is 24.0 Å². The minimum absolute atomic E-state index is 0. The van der Waals surface area contributed by atoms with Crippen LogP contribution in [0.25, 0.3) is 0 Å². The first-order valence-corrected chi connectivity index (χ1v) is 13.4. The molecular formula is C28H2BF28I. The van der Waals surface area contributed by atoms with Gasteiger partial charge in [-0.25, -0.2) is 70.2 Å². The van der Waals surface area contributed by atoms with Gasteiger partial charge in [0, 0.05) is 0 Å². The molecule has 0 atom stereocenters. The highest BCUT2D eigenvalue weighted by molar-refractivity contribution is 7.20. The van der Waals surface area contributed by atoms with Gasteiger partial charge in [-0.05, 0) is 0 Å². The Labute approximate surface area is 314 Å². The standard InChI is InChI=1S/C28BF28.H2I/c30-9-1(25(46,47)48)10(31)18(39)5(17(9)38)29(6-19(40)11(32)2(26(49,50)51)12(33)20(6)41,7-21(42)13(34)3(27(52,53)54)14(35)22(7)43)8-23(44)15(36)4(28(55,56)57)16(37)24(8)45;/h;1H2/q-1;+1. The van der Waals surface area contributed by atoms with Gasteiger partial charge in [0.25, 0.3) is 0 Å². The molecule has 0 amide bonds. The molecule has 4 aromatic rings. The summed E-state index contributed by atoms with van der Waals surface area (Å²) in [6.45, 7) is 0. The molecule has 0 aliphatic rings. The molecule has 4 aromatic carbocycles. The molecule has 0 radical (unpaired) electrons. The Morgan fingerprint density at radius 1 is 0.207 bits per heavy atom. The zero-order valence-corrected chi connectivity index (χ0v) is 28.2. The fourth-order valence-electron chi connectivity index (χ4n) is 5.98. The Bertz CT molecular complexity index is 1920. The van der Waals surface area contributed by atoms with Crippen molar-refractivity contribution in [1.82, 2.24) is 0 Å². The molecule has 30 heteroatoms. The van der Waals surface area contributed by atoms with Crippen molar-refractivity contribution in [3.63, 3.8) is 0 Å². The SMILES string of the molecule is Fc1c(F)c(C(F)(F)F)c(F)c(F)c1[B-](c1c(F)c(F)c(C(F)(F)F)c(F)c1F)(c1c(F)c(F)c(C(F)(F)F)c(F)c1F)c1c(F)c(F)c(C(F)(F)F)c(F)c1F.[IH2+]. The number of alkyl halides is 12. The summed E-state index contributed by atoms with van der Waals surface area (Å²) >= 11 is 0. The first-order valence-electron chi connectivity index (χ1n) is 13.4. The fraction of sp³-hybridized carbons (Fsp3) is 0.143. The molecular weight excluding hydrogens is 1010 g/mol. The third-order valence-electron chi connectivity index (χ3n) is 8.06. The molecule has 0 fully saturated rings. The molecule has 0 aliphatic carbocycles. The Morgan fingerprint density at radius 2 is 0.310 bits per heavy atom. The minimum atomic E-state index is -8.18. The van der Waals surface area contributed by atoms with E-state index in [4.69, 9.17) is 0 Å². The second kappa shape index (κ2) is 14.8. The monoisotopic (exact) mass is 1010 g/mol. The van der Waals surface area contributed by atoms with E-state index in [2.05, 4.69) is 0 Å². The molecule has 0 aromatic heterocycles. The van der Waals surface area contributed by atoms with E-state index in [1.54, 1.807) is 0 Å². The zero-order chi connectivity index (χ0) is 44.4. The topological polar surface area (TPSA) is 0 Å². The van der Waals surface area contributed by atoms with Crippen molar-refractivity contribution in [2.45, 2.75) is 24.7 Å². The van der Waals surface area contributed by atoms with Crippen LogP contribution in [-0.2, 0) is 24.7 Å². The van der Waals surface area contributed by atoms with E-state index in [1.165, 1.54) is 0 Å². The molecule has 58 heavy (non-hydrogen) atoms. The number of rotatable bonds is 4. The summed E-state index contributed by atoms with van der Waals surface area (Å²) in [5, 5.41) is 0. The van der Waals surface area contributed by atoms with Crippen molar-refractivity contribution in [3.8, 4) is 0 Å². The van der Waals surface area contributed by atoms with Gasteiger partial charge in [0.05, 0.1) is 0 Å². The van der Waals surface area contributed by atoms with Gasteiger partial charge >= 0.3 is 24.7 Å². The summed E-state index contributed by atoms with van der Waals surface area (Å²) < 4.78 is 409. The molecule has 0 heterocycles. The van der Waals surface area contributed by atoms with E-state index in [1.807, 2.05) is 0 Å². The summed E-state index contributed by atoms with van der Waals surface area (Å²) in [6.07, 6.45) is -35.7. The maximum absolute atomic E-state index is 15.9. The van der Waals surface area contributed by atoms with Crippen molar-refractivity contribution in [2.75, 3.05) is 0 Å². The predicted molar refractivity (Wildman–Crippen MR) is 132 cm³/mol. The van der Waals surface area contributed by atoms with Crippen molar-refractivity contribution >= 4 is 28.0 Å². The first-order chi connectivity index (χ1) is 25.5. The summed E-state index contributed by atoms with van der Waals surface area (Å²) in [4.78, 5) is 0. The average Bonchev–Trinajstić information content (AvgIpc) is 3.02. The summed E-state index contributed by atoms with van der Waals surface area (Å²) in [5.41, 5.74) is -33.4. The predicted octanol–water partition coefficient (Wildman–Crippen LogP) is 5.83. The highest BCUT2D eigenvalue weighted by Crippen LogP contribution is 2.42.